The molecular formula is C63H96O2. The first kappa shape index (κ1) is 50.3. The van der Waals surface area contributed by atoms with E-state index in [1.807, 2.05) is 12.1 Å². The van der Waals surface area contributed by atoms with E-state index in [2.05, 4.69) is 89.4 Å². The van der Waals surface area contributed by atoms with Crippen LogP contribution in [0, 0.1) is 77.9 Å². The molecule has 0 heterocycles. The summed E-state index contributed by atoms with van der Waals surface area (Å²) in [5.74, 6) is 12.7. The molecule has 2 heteroatoms. The van der Waals surface area contributed by atoms with Gasteiger partial charge in [0.2, 0.25) is 0 Å². The standard InChI is InChI=1S/C27H40O2.C21H30.C15H26/c1-19-3-7-21(8-4-19)23-11-13-25(14-12-23)27(28)29-26-17-15-24(16-18-26)22-9-5-20(2)6-10-22;1-3-17-6-10-19(11-7-17)21-14-12-20(13-15-21)18-8-4-16(2)5-9-18;1-3-13-6-10-15(11-7-13)14-8-4-12(2)5-9-14/h15-23,25H,3-14H2,1-2H3;3-5,8-9,17,19-21H,1,6-7,10-15H2,2H3;3,12-15H,1,4-11H2,2H3. The van der Waals surface area contributed by atoms with Gasteiger partial charge in [0, 0.05) is 0 Å². The Morgan fingerprint density at radius 1 is 0.415 bits per heavy atom. The molecule has 0 N–H and O–H groups in total. The van der Waals surface area contributed by atoms with Crippen molar-refractivity contribution in [1.82, 2.24) is 0 Å². The Morgan fingerprint density at radius 3 is 1.08 bits per heavy atom. The van der Waals surface area contributed by atoms with Crippen molar-refractivity contribution in [2.45, 2.75) is 219 Å². The summed E-state index contributed by atoms with van der Waals surface area (Å²) < 4.78 is 5.77. The van der Waals surface area contributed by atoms with Crippen molar-refractivity contribution in [1.29, 1.82) is 0 Å². The van der Waals surface area contributed by atoms with Gasteiger partial charge in [-0.25, -0.2) is 0 Å². The van der Waals surface area contributed by atoms with Gasteiger partial charge in [-0.05, 0) is 248 Å². The number of carbonyl (C=O) groups excluding carboxylic acids is 1. The van der Waals surface area contributed by atoms with E-state index < -0.39 is 0 Å². The minimum atomic E-state index is -0.0000393. The van der Waals surface area contributed by atoms with Crippen LogP contribution in [0.4, 0.5) is 0 Å². The van der Waals surface area contributed by atoms with E-state index in [4.69, 9.17) is 4.74 Å². The lowest BCUT2D eigenvalue weighted by Gasteiger charge is -2.37. The Labute approximate surface area is 400 Å². The van der Waals surface area contributed by atoms with Crippen LogP contribution in [0.25, 0.3) is 0 Å². The fourth-order valence-corrected chi connectivity index (χ4v) is 14.4. The number of hydrogen-bond donors (Lipinski definition) is 0. The van der Waals surface area contributed by atoms with Gasteiger partial charge >= 0.3 is 5.97 Å². The number of ether oxygens (including phenoxy) is 1. The molecule has 2 aromatic carbocycles. The number of aryl methyl sites for hydroxylation is 1. The maximum atomic E-state index is 12.7. The first-order valence-electron chi connectivity index (χ1n) is 28.3. The normalized spacial score (nSPS) is 36.6. The Kier molecular flexibility index (Phi) is 19.9. The van der Waals surface area contributed by atoms with Gasteiger partial charge in [-0.2, -0.15) is 0 Å². The van der Waals surface area contributed by atoms with E-state index in [0.717, 1.165) is 89.6 Å². The largest absolute Gasteiger partial charge is 0.426 e. The van der Waals surface area contributed by atoms with E-state index in [0.29, 0.717) is 5.92 Å². The molecule has 7 aliphatic carbocycles. The topological polar surface area (TPSA) is 26.3 Å². The van der Waals surface area contributed by atoms with E-state index >= 15 is 0 Å². The quantitative estimate of drug-likeness (QED) is 0.142. The van der Waals surface area contributed by atoms with E-state index in [9.17, 15) is 4.79 Å². The molecule has 0 amide bonds. The number of allylic oxidation sites excluding steroid dienone is 2. The molecule has 2 aromatic rings. The van der Waals surface area contributed by atoms with Crippen molar-refractivity contribution >= 4 is 5.97 Å². The molecule has 7 fully saturated rings. The van der Waals surface area contributed by atoms with Gasteiger partial charge in [0.05, 0.1) is 5.92 Å². The molecule has 0 aliphatic heterocycles. The van der Waals surface area contributed by atoms with Crippen molar-refractivity contribution in [3.63, 3.8) is 0 Å². The number of esters is 1. The second kappa shape index (κ2) is 25.7. The second-order valence-corrected chi connectivity index (χ2v) is 23.9. The summed E-state index contributed by atoms with van der Waals surface area (Å²) in [6.45, 7) is 17.3. The summed E-state index contributed by atoms with van der Waals surface area (Å²) in [6, 6.07) is 17.7. The lowest BCUT2D eigenvalue weighted by Crippen LogP contribution is -2.29. The molecule has 360 valence electrons. The van der Waals surface area contributed by atoms with Gasteiger partial charge in [0.25, 0.3) is 0 Å². The zero-order valence-electron chi connectivity index (χ0n) is 42.4. The van der Waals surface area contributed by atoms with Crippen molar-refractivity contribution < 1.29 is 9.53 Å². The van der Waals surface area contributed by atoms with Gasteiger partial charge in [0.15, 0.2) is 0 Å². The minimum Gasteiger partial charge on any atom is -0.426 e. The van der Waals surface area contributed by atoms with Crippen LogP contribution in [-0.2, 0) is 4.79 Å². The molecule has 0 saturated heterocycles. The number of rotatable bonds is 9. The predicted octanol–water partition coefficient (Wildman–Crippen LogP) is 18.6. The summed E-state index contributed by atoms with van der Waals surface area (Å²) in [6.07, 6.45) is 43.0. The molecule has 0 bridgehead atoms. The highest BCUT2D eigenvalue weighted by Gasteiger charge is 2.34. The zero-order valence-corrected chi connectivity index (χ0v) is 42.4. The van der Waals surface area contributed by atoms with Crippen LogP contribution in [-0.4, -0.2) is 5.97 Å². The summed E-state index contributed by atoms with van der Waals surface area (Å²) in [7, 11) is 0. The average molecular weight is 885 g/mol. The van der Waals surface area contributed by atoms with Crippen molar-refractivity contribution in [3.8, 4) is 5.75 Å². The Morgan fingerprint density at radius 2 is 0.708 bits per heavy atom. The molecule has 0 unspecified atom stereocenters. The SMILES string of the molecule is C=CC1CCC(C2CCC(C)CC2)CC1.C=CC1CCC(C2CCC(c3ccc(C)cc3)CC2)CC1.CC1CCC(c2ccc(OC(=O)C3CCC(C4CCC(C)CC4)CC3)cc2)CC1. The van der Waals surface area contributed by atoms with E-state index in [-0.39, 0.29) is 11.9 Å². The highest BCUT2D eigenvalue weighted by Crippen LogP contribution is 2.46. The average Bonchev–Trinajstić information content (AvgIpc) is 3.36. The van der Waals surface area contributed by atoms with Gasteiger partial charge in [-0.3, -0.25) is 4.79 Å². The van der Waals surface area contributed by atoms with Crippen LogP contribution in [0.15, 0.2) is 73.8 Å². The maximum absolute atomic E-state index is 12.7. The molecule has 0 radical (unpaired) electrons. The van der Waals surface area contributed by atoms with Crippen LogP contribution >= 0.6 is 0 Å². The summed E-state index contributed by atoms with van der Waals surface area (Å²) >= 11 is 0. The summed E-state index contributed by atoms with van der Waals surface area (Å²) in [5, 5.41) is 0. The molecule has 0 spiro atoms. The number of carbonyl (C=O) groups is 1. The highest BCUT2D eigenvalue weighted by atomic mass is 16.5. The molecule has 0 atom stereocenters. The Hall–Kier alpha value is -2.61. The van der Waals surface area contributed by atoms with Crippen LogP contribution in [0.1, 0.15) is 229 Å². The molecule has 65 heavy (non-hydrogen) atoms. The Balaban J connectivity index is 0.000000154. The monoisotopic (exact) mass is 885 g/mol. The predicted molar refractivity (Wildman–Crippen MR) is 277 cm³/mol. The molecule has 2 nitrogen and oxygen atoms in total. The van der Waals surface area contributed by atoms with Crippen LogP contribution < -0.4 is 4.74 Å². The van der Waals surface area contributed by atoms with E-state index in [1.165, 1.54) is 178 Å². The Bertz CT molecular complexity index is 1650. The fourth-order valence-electron chi connectivity index (χ4n) is 14.4. The molecular weight excluding hydrogens is 789 g/mol. The van der Waals surface area contributed by atoms with Gasteiger partial charge in [-0.1, -0.05) is 113 Å². The molecule has 9 rings (SSSR count). The fraction of sp³-hybridized carbons (Fsp3) is 0.730. The third kappa shape index (κ3) is 15.2. The van der Waals surface area contributed by atoms with Crippen molar-refractivity contribution in [2.75, 3.05) is 0 Å². The summed E-state index contributed by atoms with van der Waals surface area (Å²) in [4.78, 5) is 12.7. The van der Waals surface area contributed by atoms with Gasteiger partial charge in [0.1, 0.15) is 5.75 Å². The molecule has 7 aliphatic rings. The summed E-state index contributed by atoms with van der Waals surface area (Å²) in [5.41, 5.74) is 4.37. The maximum Gasteiger partial charge on any atom is 0.314 e. The second-order valence-electron chi connectivity index (χ2n) is 23.9. The first-order chi connectivity index (χ1) is 31.6. The van der Waals surface area contributed by atoms with Crippen LogP contribution in [0.5, 0.6) is 5.75 Å². The number of benzene rings is 2. The third-order valence-electron chi connectivity index (χ3n) is 19.4. The molecule has 0 aromatic heterocycles. The van der Waals surface area contributed by atoms with Crippen molar-refractivity contribution in [3.05, 3.63) is 90.5 Å². The number of hydrogen-bond acceptors (Lipinski definition) is 2. The molecule has 7 saturated carbocycles. The van der Waals surface area contributed by atoms with E-state index in [1.54, 1.807) is 5.56 Å². The van der Waals surface area contributed by atoms with Crippen molar-refractivity contribution in [2.24, 2.45) is 71.0 Å². The van der Waals surface area contributed by atoms with Crippen LogP contribution in [0.2, 0.25) is 0 Å². The minimum absolute atomic E-state index is 0.0000393. The smallest absolute Gasteiger partial charge is 0.314 e. The highest BCUT2D eigenvalue weighted by molar-refractivity contribution is 5.75. The lowest BCUT2D eigenvalue weighted by molar-refractivity contribution is -0.140. The van der Waals surface area contributed by atoms with Crippen LogP contribution in [0.3, 0.4) is 0 Å². The third-order valence-corrected chi connectivity index (χ3v) is 19.4. The first-order valence-corrected chi connectivity index (χ1v) is 28.3. The van der Waals surface area contributed by atoms with Gasteiger partial charge < -0.3 is 4.74 Å². The lowest BCUT2D eigenvalue weighted by atomic mass is 9.68. The van der Waals surface area contributed by atoms with Gasteiger partial charge in [-0.15, -0.1) is 13.2 Å². The zero-order chi connectivity index (χ0) is 45.5.